The van der Waals surface area contributed by atoms with Crippen LogP contribution in [-0.2, 0) is 9.59 Å². The Kier molecular flexibility index (Phi) is 4.80. The number of Topliss-reactive ketones (excluding diaryl/α,β-unsaturated/α-hetero) is 1. The number of carbonyl (C=O) groups excluding carboxylic acids is 2. The lowest BCUT2D eigenvalue weighted by Crippen LogP contribution is -2.33. The Morgan fingerprint density at radius 3 is 2.69 bits per heavy atom. The second-order valence-electron chi connectivity index (χ2n) is 4.33. The number of hydrogen-bond acceptors (Lipinski definition) is 4. The molecule has 0 spiro atoms. The number of aliphatic hydroxyl groups is 1. The van der Waals surface area contributed by atoms with Crippen molar-refractivity contribution in [2.45, 2.75) is 50.5 Å². The second-order valence-corrected chi connectivity index (χ2v) is 5.06. The minimum absolute atomic E-state index is 0.273. The molecule has 1 fully saturated rings. The molecule has 1 aliphatic heterocycles. The third-order valence-corrected chi connectivity index (χ3v) is 3.71. The first-order chi connectivity index (χ1) is 7.47. The normalized spacial score (nSPS) is 31.2. The summed E-state index contributed by atoms with van der Waals surface area (Å²) in [4.78, 5) is 22.6. The number of thiol groups is 1. The molecule has 0 aromatic heterocycles. The van der Waals surface area contributed by atoms with Gasteiger partial charge in [-0.25, -0.2) is 0 Å². The van der Waals surface area contributed by atoms with Crippen LogP contribution in [0.3, 0.4) is 0 Å². The van der Waals surface area contributed by atoms with Crippen molar-refractivity contribution >= 4 is 24.3 Å². The second kappa shape index (κ2) is 5.68. The fourth-order valence-electron chi connectivity index (χ4n) is 1.99. The summed E-state index contributed by atoms with van der Waals surface area (Å²) in [6, 6.07) is -0.303. The fraction of sp³-hybridized carbons (Fsp3) is 0.818. The van der Waals surface area contributed by atoms with E-state index in [1.54, 1.807) is 0 Å². The summed E-state index contributed by atoms with van der Waals surface area (Å²) in [5.41, 5.74) is 0. The Hall–Kier alpha value is -0.550. The summed E-state index contributed by atoms with van der Waals surface area (Å²) in [6.07, 6.45) is 1.56. The van der Waals surface area contributed by atoms with E-state index in [0.717, 1.165) is 12.8 Å². The van der Waals surface area contributed by atoms with E-state index >= 15 is 0 Å². The molecule has 0 aromatic carbocycles. The highest BCUT2D eigenvalue weighted by Gasteiger charge is 2.43. The van der Waals surface area contributed by atoms with Crippen molar-refractivity contribution < 1.29 is 14.7 Å². The summed E-state index contributed by atoms with van der Waals surface area (Å²) >= 11 is 4.36. The number of nitrogens with one attached hydrogen (secondary N) is 1. The van der Waals surface area contributed by atoms with Crippen molar-refractivity contribution in [2.75, 3.05) is 0 Å². The Morgan fingerprint density at radius 2 is 2.25 bits per heavy atom. The number of aliphatic hydroxyl groups excluding tert-OH is 1. The molecular formula is C11H19NO3S. The van der Waals surface area contributed by atoms with Gasteiger partial charge in [0.1, 0.15) is 11.7 Å². The number of rotatable bonds is 5. The highest BCUT2D eigenvalue weighted by atomic mass is 32.1. The van der Waals surface area contributed by atoms with Gasteiger partial charge in [0.2, 0.25) is 5.91 Å². The predicted molar refractivity (Wildman–Crippen MR) is 64.4 cm³/mol. The topological polar surface area (TPSA) is 66.4 Å². The van der Waals surface area contributed by atoms with Gasteiger partial charge in [-0.1, -0.05) is 6.92 Å². The van der Waals surface area contributed by atoms with Gasteiger partial charge in [-0.05, 0) is 26.2 Å². The number of ketones is 1. The molecule has 0 saturated carbocycles. The Bertz CT molecular complexity index is 282. The van der Waals surface area contributed by atoms with E-state index in [9.17, 15) is 14.7 Å². The summed E-state index contributed by atoms with van der Waals surface area (Å²) in [5, 5.41) is 12.8. The molecule has 0 aromatic rings. The molecule has 4 nitrogen and oxygen atoms in total. The average molecular weight is 245 g/mol. The summed E-state index contributed by atoms with van der Waals surface area (Å²) in [6.45, 7) is 3.38. The van der Waals surface area contributed by atoms with Crippen molar-refractivity contribution in [1.82, 2.24) is 5.32 Å². The summed E-state index contributed by atoms with van der Waals surface area (Å²) in [7, 11) is 0. The molecule has 1 rings (SSSR count). The third kappa shape index (κ3) is 2.98. The van der Waals surface area contributed by atoms with Gasteiger partial charge in [0, 0.05) is 5.25 Å². The molecule has 0 bridgehead atoms. The van der Waals surface area contributed by atoms with Crippen molar-refractivity contribution in [2.24, 2.45) is 5.92 Å². The van der Waals surface area contributed by atoms with Gasteiger partial charge in [-0.2, -0.15) is 12.6 Å². The summed E-state index contributed by atoms with van der Waals surface area (Å²) < 4.78 is 0. The van der Waals surface area contributed by atoms with Crippen LogP contribution < -0.4 is 5.32 Å². The van der Waals surface area contributed by atoms with E-state index in [1.165, 1.54) is 6.92 Å². The lowest BCUT2D eigenvalue weighted by atomic mass is 9.95. The maximum atomic E-state index is 11.4. The zero-order valence-electron chi connectivity index (χ0n) is 9.64. The maximum absolute atomic E-state index is 11.4. The van der Waals surface area contributed by atoms with E-state index < -0.39 is 12.0 Å². The van der Waals surface area contributed by atoms with E-state index in [4.69, 9.17) is 0 Å². The van der Waals surface area contributed by atoms with Gasteiger partial charge in [0.05, 0.1) is 12.1 Å². The Balaban J connectivity index is 2.52. The van der Waals surface area contributed by atoms with Crippen LogP contribution in [0, 0.1) is 5.92 Å². The summed E-state index contributed by atoms with van der Waals surface area (Å²) in [5.74, 6) is -1.51. The van der Waals surface area contributed by atoms with Gasteiger partial charge in [0.25, 0.3) is 0 Å². The van der Waals surface area contributed by atoms with Gasteiger partial charge < -0.3 is 10.4 Å². The lowest BCUT2D eigenvalue weighted by Gasteiger charge is -2.17. The predicted octanol–water partition coefficient (Wildman–Crippen LogP) is 0.539. The molecule has 4 unspecified atom stereocenters. The number of carbonyl (C=O) groups is 2. The molecule has 2 N–H and O–H groups in total. The zero-order valence-corrected chi connectivity index (χ0v) is 10.5. The highest BCUT2D eigenvalue weighted by molar-refractivity contribution is 7.80. The molecule has 5 heteroatoms. The zero-order chi connectivity index (χ0) is 12.3. The van der Waals surface area contributed by atoms with Crippen molar-refractivity contribution in [3.05, 3.63) is 0 Å². The van der Waals surface area contributed by atoms with E-state index in [-0.39, 0.29) is 23.0 Å². The van der Waals surface area contributed by atoms with Crippen LogP contribution in [0.4, 0.5) is 0 Å². The molecule has 1 amide bonds. The van der Waals surface area contributed by atoms with Crippen LogP contribution in [0.15, 0.2) is 0 Å². The first-order valence-electron chi connectivity index (χ1n) is 5.64. The SMILES string of the molecule is CCC(S)CCC1NC(=O)C(C(C)=O)C1O. The molecule has 92 valence electrons. The van der Waals surface area contributed by atoms with Gasteiger partial charge in [-0.3, -0.25) is 9.59 Å². The van der Waals surface area contributed by atoms with Crippen molar-refractivity contribution in [3.63, 3.8) is 0 Å². The van der Waals surface area contributed by atoms with Crippen molar-refractivity contribution in [1.29, 1.82) is 0 Å². The maximum Gasteiger partial charge on any atom is 0.233 e. The number of amides is 1. The molecule has 0 radical (unpaired) electrons. The minimum Gasteiger partial charge on any atom is -0.390 e. The van der Waals surface area contributed by atoms with E-state index in [1.807, 2.05) is 6.92 Å². The molecule has 1 saturated heterocycles. The van der Waals surface area contributed by atoms with Gasteiger partial charge >= 0.3 is 0 Å². The molecule has 1 heterocycles. The molecule has 16 heavy (non-hydrogen) atoms. The van der Waals surface area contributed by atoms with Crippen LogP contribution in [0.5, 0.6) is 0 Å². The van der Waals surface area contributed by atoms with Gasteiger partial charge in [-0.15, -0.1) is 0 Å². The van der Waals surface area contributed by atoms with Crippen LogP contribution >= 0.6 is 12.6 Å². The molecule has 0 aliphatic carbocycles. The molecule has 4 atom stereocenters. The van der Waals surface area contributed by atoms with Crippen molar-refractivity contribution in [3.8, 4) is 0 Å². The average Bonchev–Trinajstić information content (AvgIpc) is 2.50. The van der Waals surface area contributed by atoms with E-state index in [0.29, 0.717) is 6.42 Å². The minimum atomic E-state index is -0.887. The third-order valence-electron chi connectivity index (χ3n) is 3.08. The Labute approximate surface area is 101 Å². The fourth-order valence-corrected chi connectivity index (χ4v) is 2.14. The van der Waals surface area contributed by atoms with E-state index in [2.05, 4.69) is 17.9 Å². The molecule has 1 aliphatic rings. The monoisotopic (exact) mass is 245 g/mol. The number of hydrogen-bond donors (Lipinski definition) is 3. The van der Waals surface area contributed by atoms with Crippen LogP contribution in [0.1, 0.15) is 33.1 Å². The molecular weight excluding hydrogens is 226 g/mol. The largest absolute Gasteiger partial charge is 0.390 e. The lowest BCUT2D eigenvalue weighted by molar-refractivity contribution is -0.132. The smallest absolute Gasteiger partial charge is 0.233 e. The first-order valence-corrected chi connectivity index (χ1v) is 6.16. The first kappa shape index (κ1) is 13.5. The van der Waals surface area contributed by atoms with Crippen LogP contribution in [-0.4, -0.2) is 34.2 Å². The van der Waals surface area contributed by atoms with Crippen LogP contribution in [0.25, 0.3) is 0 Å². The van der Waals surface area contributed by atoms with Crippen LogP contribution in [0.2, 0.25) is 0 Å². The standard InChI is InChI=1S/C11H19NO3S/c1-3-7(16)4-5-8-10(14)9(6(2)13)11(15)12-8/h7-10,14,16H,3-5H2,1-2H3,(H,12,15). The van der Waals surface area contributed by atoms with Gasteiger partial charge in [0.15, 0.2) is 0 Å². The highest BCUT2D eigenvalue weighted by Crippen LogP contribution is 2.22. The Morgan fingerprint density at radius 1 is 1.62 bits per heavy atom. The quantitative estimate of drug-likeness (QED) is 0.489.